The summed E-state index contributed by atoms with van der Waals surface area (Å²) >= 11 is 1.42. The summed E-state index contributed by atoms with van der Waals surface area (Å²) in [5.74, 6) is 0.903. The zero-order valence-electron chi connectivity index (χ0n) is 10.3. The average molecular weight is 243 g/mol. The van der Waals surface area contributed by atoms with Gasteiger partial charge in [0.2, 0.25) is 5.13 Å². The van der Waals surface area contributed by atoms with E-state index in [1.807, 2.05) is 0 Å². The van der Waals surface area contributed by atoms with Crippen LogP contribution in [0.5, 0.6) is 0 Å². The van der Waals surface area contributed by atoms with E-state index < -0.39 is 0 Å². The molecule has 0 radical (unpaired) electrons. The van der Waals surface area contributed by atoms with Crippen molar-refractivity contribution in [3.05, 3.63) is 5.82 Å². The van der Waals surface area contributed by atoms with Crippen molar-refractivity contribution in [1.82, 2.24) is 9.36 Å². The first kappa shape index (κ1) is 13.4. The smallest absolute Gasteiger partial charge is 0.202 e. The minimum atomic E-state index is 0.181. The quantitative estimate of drug-likeness (QED) is 0.771. The normalized spacial score (nSPS) is 11.8. The highest BCUT2D eigenvalue weighted by Crippen LogP contribution is 2.23. The predicted molar refractivity (Wildman–Crippen MR) is 67.9 cm³/mol. The van der Waals surface area contributed by atoms with Crippen molar-refractivity contribution < 1.29 is 5.11 Å². The molecule has 4 nitrogen and oxygen atoms in total. The maximum atomic E-state index is 8.81. The van der Waals surface area contributed by atoms with E-state index in [1.165, 1.54) is 11.5 Å². The van der Waals surface area contributed by atoms with Crippen LogP contribution in [0.1, 0.15) is 39.4 Å². The first-order valence-electron chi connectivity index (χ1n) is 5.75. The first-order chi connectivity index (χ1) is 7.57. The largest absolute Gasteiger partial charge is 0.396 e. The van der Waals surface area contributed by atoms with Gasteiger partial charge in [0.25, 0.3) is 0 Å². The third kappa shape index (κ3) is 4.45. The van der Waals surface area contributed by atoms with Gasteiger partial charge in [-0.2, -0.15) is 4.37 Å². The number of aromatic nitrogens is 2. The molecular weight excluding hydrogens is 222 g/mol. The van der Waals surface area contributed by atoms with Crippen LogP contribution in [0, 0.1) is 5.41 Å². The predicted octanol–water partition coefficient (Wildman–Crippen LogP) is 2.31. The van der Waals surface area contributed by atoms with Gasteiger partial charge in [0.1, 0.15) is 5.82 Å². The number of nitrogens with one attached hydrogen (secondary N) is 1. The van der Waals surface area contributed by atoms with Crippen LogP contribution in [0.15, 0.2) is 0 Å². The fourth-order valence-corrected chi connectivity index (χ4v) is 2.07. The molecule has 0 saturated heterocycles. The van der Waals surface area contributed by atoms with Gasteiger partial charge in [-0.3, -0.25) is 0 Å². The number of rotatable bonds is 7. The Morgan fingerprint density at radius 2 is 2.19 bits per heavy atom. The van der Waals surface area contributed by atoms with Gasteiger partial charge < -0.3 is 10.4 Å². The highest BCUT2D eigenvalue weighted by atomic mass is 32.1. The van der Waals surface area contributed by atoms with Crippen LogP contribution in [0.3, 0.4) is 0 Å². The van der Waals surface area contributed by atoms with Crippen molar-refractivity contribution in [3.63, 3.8) is 0 Å². The summed E-state index contributed by atoms with van der Waals surface area (Å²) in [4.78, 5) is 4.36. The summed E-state index contributed by atoms with van der Waals surface area (Å²) in [5, 5.41) is 13.0. The van der Waals surface area contributed by atoms with E-state index >= 15 is 0 Å². The molecule has 0 fully saturated rings. The molecule has 0 aromatic carbocycles. The topological polar surface area (TPSA) is 58.0 Å². The molecule has 0 amide bonds. The minimum absolute atomic E-state index is 0.181. The lowest BCUT2D eigenvalue weighted by Crippen LogP contribution is -2.23. The Morgan fingerprint density at radius 3 is 2.75 bits per heavy atom. The Labute approximate surface area is 101 Å². The number of hydrogen-bond acceptors (Lipinski definition) is 5. The van der Waals surface area contributed by atoms with E-state index in [0.29, 0.717) is 0 Å². The van der Waals surface area contributed by atoms with Crippen LogP contribution in [0.2, 0.25) is 0 Å². The second-order valence-corrected chi connectivity index (χ2v) is 5.47. The number of nitrogens with zero attached hydrogens (tertiary/aromatic N) is 2. The molecule has 1 rings (SSSR count). The molecule has 0 aliphatic carbocycles. The molecule has 0 bridgehead atoms. The van der Waals surface area contributed by atoms with Crippen LogP contribution in [-0.2, 0) is 6.42 Å². The average Bonchev–Trinajstić information content (AvgIpc) is 2.72. The van der Waals surface area contributed by atoms with Crippen LogP contribution in [-0.4, -0.2) is 27.6 Å². The summed E-state index contributed by atoms with van der Waals surface area (Å²) in [5.41, 5.74) is 0.181. The Hall–Kier alpha value is -0.680. The lowest BCUT2D eigenvalue weighted by molar-refractivity contribution is 0.248. The lowest BCUT2D eigenvalue weighted by Gasteiger charge is -2.24. The fraction of sp³-hybridized carbons (Fsp3) is 0.818. The van der Waals surface area contributed by atoms with Crippen molar-refractivity contribution in [1.29, 1.82) is 0 Å². The summed E-state index contributed by atoms with van der Waals surface area (Å²) < 4.78 is 4.23. The summed E-state index contributed by atoms with van der Waals surface area (Å²) in [6.07, 6.45) is 2.74. The number of aliphatic hydroxyl groups excluding tert-OH is 1. The second kappa shape index (κ2) is 6.15. The Balaban J connectivity index is 2.37. The SMILES string of the molecule is CCc1nsc(NCC(C)(C)CCCO)n1. The van der Waals surface area contributed by atoms with Gasteiger partial charge in [-0.1, -0.05) is 20.8 Å². The van der Waals surface area contributed by atoms with Gasteiger partial charge in [0.15, 0.2) is 0 Å². The number of aryl methyl sites for hydroxylation is 1. The zero-order valence-corrected chi connectivity index (χ0v) is 11.1. The molecule has 0 aliphatic heterocycles. The van der Waals surface area contributed by atoms with Crippen molar-refractivity contribution >= 4 is 16.7 Å². The van der Waals surface area contributed by atoms with E-state index in [4.69, 9.17) is 5.11 Å². The fourth-order valence-electron chi connectivity index (χ4n) is 1.43. The molecule has 92 valence electrons. The van der Waals surface area contributed by atoms with E-state index in [1.54, 1.807) is 0 Å². The van der Waals surface area contributed by atoms with Crippen LogP contribution < -0.4 is 5.32 Å². The van der Waals surface area contributed by atoms with Crippen LogP contribution in [0.25, 0.3) is 0 Å². The van der Waals surface area contributed by atoms with Crippen molar-refractivity contribution in [2.45, 2.75) is 40.0 Å². The maximum Gasteiger partial charge on any atom is 0.202 e. The molecule has 5 heteroatoms. The molecule has 0 unspecified atom stereocenters. The summed E-state index contributed by atoms with van der Waals surface area (Å²) in [6, 6.07) is 0. The molecule has 16 heavy (non-hydrogen) atoms. The highest BCUT2D eigenvalue weighted by molar-refractivity contribution is 7.09. The molecular formula is C11H21N3OS. The van der Waals surface area contributed by atoms with E-state index in [-0.39, 0.29) is 12.0 Å². The summed E-state index contributed by atoms with van der Waals surface area (Å²) in [6.45, 7) is 7.57. The monoisotopic (exact) mass is 243 g/mol. The number of aliphatic hydroxyl groups is 1. The van der Waals surface area contributed by atoms with E-state index in [9.17, 15) is 0 Å². The van der Waals surface area contributed by atoms with Crippen LogP contribution in [0.4, 0.5) is 5.13 Å². The standard InChI is InChI=1S/C11H21N3OS/c1-4-9-13-10(16-14-9)12-8-11(2,3)6-5-7-15/h15H,4-8H2,1-3H3,(H,12,13,14). The molecule has 1 aromatic rings. The molecule has 2 N–H and O–H groups in total. The Morgan fingerprint density at radius 1 is 1.44 bits per heavy atom. The molecule has 0 saturated carbocycles. The van der Waals surface area contributed by atoms with Gasteiger partial charge in [-0.25, -0.2) is 4.98 Å². The van der Waals surface area contributed by atoms with Gasteiger partial charge in [0, 0.05) is 31.1 Å². The first-order valence-corrected chi connectivity index (χ1v) is 6.52. The third-order valence-corrected chi connectivity index (χ3v) is 3.22. The molecule has 1 heterocycles. The minimum Gasteiger partial charge on any atom is -0.396 e. The van der Waals surface area contributed by atoms with Gasteiger partial charge in [-0.15, -0.1) is 0 Å². The van der Waals surface area contributed by atoms with Gasteiger partial charge >= 0.3 is 0 Å². The van der Waals surface area contributed by atoms with E-state index in [2.05, 4.69) is 35.4 Å². The number of anilines is 1. The second-order valence-electron chi connectivity index (χ2n) is 4.71. The zero-order chi connectivity index (χ0) is 12.0. The molecule has 1 aromatic heterocycles. The van der Waals surface area contributed by atoms with Crippen LogP contribution >= 0.6 is 11.5 Å². The van der Waals surface area contributed by atoms with Crippen molar-refractivity contribution in [2.75, 3.05) is 18.5 Å². The maximum absolute atomic E-state index is 8.81. The molecule has 0 aliphatic rings. The highest BCUT2D eigenvalue weighted by Gasteiger charge is 2.17. The third-order valence-electron chi connectivity index (χ3n) is 2.51. The van der Waals surface area contributed by atoms with Crippen molar-refractivity contribution in [3.8, 4) is 0 Å². The summed E-state index contributed by atoms with van der Waals surface area (Å²) in [7, 11) is 0. The number of hydrogen-bond donors (Lipinski definition) is 2. The Bertz CT molecular complexity index is 312. The lowest BCUT2D eigenvalue weighted by atomic mass is 9.88. The Kier molecular flexibility index (Phi) is 5.15. The van der Waals surface area contributed by atoms with Gasteiger partial charge in [0.05, 0.1) is 0 Å². The molecule has 0 atom stereocenters. The molecule has 0 spiro atoms. The van der Waals surface area contributed by atoms with Gasteiger partial charge in [-0.05, 0) is 18.3 Å². The van der Waals surface area contributed by atoms with E-state index in [0.717, 1.165) is 36.8 Å². The van der Waals surface area contributed by atoms with Crippen molar-refractivity contribution in [2.24, 2.45) is 5.41 Å².